The molecule has 0 aliphatic rings. The molecule has 3 rings (SSSR count). The zero-order valence-electron chi connectivity index (χ0n) is 10.3. The Hall–Kier alpha value is -1.56. The summed E-state index contributed by atoms with van der Waals surface area (Å²) in [6, 6.07) is 11.1. The van der Waals surface area contributed by atoms with Gasteiger partial charge in [0.2, 0.25) is 0 Å². The van der Waals surface area contributed by atoms with Crippen LogP contribution in [0.15, 0.2) is 40.9 Å². The van der Waals surface area contributed by atoms with Crippen molar-refractivity contribution in [1.82, 2.24) is 9.55 Å². The number of anilines is 1. The van der Waals surface area contributed by atoms with Crippen molar-refractivity contribution in [2.45, 2.75) is 6.61 Å². The molecule has 102 valence electrons. The third kappa shape index (κ3) is 2.18. The van der Waals surface area contributed by atoms with Gasteiger partial charge in [-0.1, -0.05) is 11.6 Å². The summed E-state index contributed by atoms with van der Waals surface area (Å²) in [5.41, 5.74) is 8.92. The van der Waals surface area contributed by atoms with Crippen LogP contribution in [0.25, 0.3) is 16.7 Å². The Balaban J connectivity index is 2.30. The van der Waals surface area contributed by atoms with Crippen molar-refractivity contribution in [2.24, 2.45) is 0 Å². The molecule has 1 heterocycles. The lowest BCUT2D eigenvalue weighted by Crippen LogP contribution is -2.01. The Morgan fingerprint density at radius 3 is 2.75 bits per heavy atom. The van der Waals surface area contributed by atoms with E-state index < -0.39 is 0 Å². The van der Waals surface area contributed by atoms with E-state index in [4.69, 9.17) is 17.3 Å². The molecule has 0 bridgehead atoms. The van der Waals surface area contributed by atoms with Gasteiger partial charge in [0.05, 0.1) is 16.1 Å². The highest BCUT2D eigenvalue weighted by molar-refractivity contribution is 9.10. The van der Waals surface area contributed by atoms with E-state index in [1.807, 2.05) is 28.8 Å². The fraction of sp³-hybridized carbons (Fsp3) is 0.0714. The molecule has 2 aromatic carbocycles. The molecule has 0 atom stereocenters. The number of hydrogen-bond donors (Lipinski definition) is 2. The van der Waals surface area contributed by atoms with Gasteiger partial charge in [-0.2, -0.15) is 0 Å². The fourth-order valence-electron chi connectivity index (χ4n) is 2.17. The van der Waals surface area contributed by atoms with Crippen LogP contribution in [-0.4, -0.2) is 14.7 Å². The monoisotopic (exact) mass is 351 g/mol. The summed E-state index contributed by atoms with van der Waals surface area (Å²) in [4.78, 5) is 4.41. The van der Waals surface area contributed by atoms with E-state index in [1.54, 1.807) is 12.1 Å². The van der Waals surface area contributed by atoms with Crippen LogP contribution in [0.2, 0.25) is 5.02 Å². The van der Waals surface area contributed by atoms with Crippen LogP contribution < -0.4 is 5.73 Å². The number of imidazole rings is 1. The van der Waals surface area contributed by atoms with Crippen LogP contribution in [0.1, 0.15) is 5.82 Å². The van der Waals surface area contributed by atoms with Crippen molar-refractivity contribution in [2.75, 3.05) is 5.73 Å². The highest BCUT2D eigenvalue weighted by atomic mass is 79.9. The zero-order chi connectivity index (χ0) is 14.3. The standard InChI is InChI=1S/C14H11BrClN3O/c15-10-6-9(2-3-11(10)16)19-13-4-1-8(17)5-12(13)18-14(19)7-20/h1-6,20H,7,17H2. The molecule has 3 N–H and O–H groups in total. The molecule has 0 amide bonds. The first-order chi connectivity index (χ1) is 9.60. The van der Waals surface area contributed by atoms with Crippen LogP contribution >= 0.6 is 27.5 Å². The molecule has 0 unspecified atom stereocenters. The van der Waals surface area contributed by atoms with E-state index in [2.05, 4.69) is 20.9 Å². The van der Waals surface area contributed by atoms with Crippen molar-refractivity contribution in [1.29, 1.82) is 0 Å². The van der Waals surface area contributed by atoms with Crippen molar-refractivity contribution in [3.05, 3.63) is 51.7 Å². The lowest BCUT2D eigenvalue weighted by atomic mass is 10.2. The molecule has 3 aromatic rings. The second-order valence-corrected chi connectivity index (χ2v) is 5.63. The summed E-state index contributed by atoms with van der Waals surface area (Å²) in [5, 5.41) is 10.2. The van der Waals surface area contributed by atoms with Gasteiger partial charge in [-0.05, 0) is 52.3 Å². The summed E-state index contributed by atoms with van der Waals surface area (Å²) in [6.07, 6.45) is 0. The SMILES string of the molecule is Nc1ccc2c(c1)nc(CO)n2-c1ccc(Cl)c(Br)c1. The first kappa shape index (κ1) is 13.4. The number of aliphatic hydroxyl groups excluding tert-OH is 1. The molecular weight excluding hydrogens is 342 g/mol. The van der Waals surface area contributed by atoms with Crippen LogP contribution in [0.5, 0.6) is 0 Å². The van der Waals surface area contributed by atoms with Crippen molar-refractivity contribution in [3.63, 3.8) is 0 Å². The Bertz CT molecular complexity index is 800. The van der Waals surface area contributed by atoms with Gasteiger partial charge >= 0.3 is 0 Å². The van der Waals surface area contributed by atoms with Gasteiger partial charge in [0.25, 0.3) is 0 Å². The number of aromatic nitrogens is 2. The molecule has 1 aromatic heterocycles. The van der Waals surface area contributed by atoms with Crippen LogP contribution in [0, 0.1) is 0 Å². The summed E-state index contributed by atoms with van der Waals surface area (Å²) in [6.45, 7) is -0.158. The quantitative estimate of drug-likeness (QED) is 0.694. The van der Waals surface area contributed by atoms with Gasteiger partial charge in [0.15, 0.2) is 0 Å². The van der Waals surface area contributed by atoms with Gasteiger partial charge in [0.1, 0.15) is 12.4 Å². The predicted molar refractivity (Wildman–Crippen MR) is 84.1 cm³/mol. The maximum absolute atomic E-state index is 9.52. The number of hydrogen-bond acceptors (Lipinski definition) is 3. The highest BCUT2D eigenvalue weighted by Gasteiger charge is 2.12. The van der Waals surface area contributed by atoms with E-state index in [9.17, 15) is 5.11 Å². The molecule has 6 heteroatoms. The molecule has 20 heavy (non-hydrogen) atoms. The molecule has 0 aliphatic heterocycles. The van der Waals surface area contributed by atoms with E-state index in [0.29, 0.717) is 16.5 Å². The molecule has 0 fully saturated rings. The fourth-order valence-corrected chi connectivity index (χ4v) is 2.65. The summed E-state index contributed by atoms with van der Waals surface area (Å²) >= 11 is 9.42. The Morgan fingerprint density at radius 2 is 2.05 bits per heavy atom. The normalized spacial score (nSPS) is 11.2. The second kappa shape index (κ2) is 5.09. The first-order valence-electron chi connectivity index (χ1n) is 5.93. The summed E-state index contributed by atoms with van der Waals surface area (Å²) in [7, 11) is 0. The van der Waals surface area contributed by atoms with Gasteiger partial charge in [0, 0.05) is 15.8 Å². The van der Waals surface area contributed by atoms with E-state index in [1.165, 1.54) is 0 Å². The maximum Gasteiger partial charge on any atom is 0.140 e. The lowest BCUT2D eigenvalue weighted by Gasteiger charge is -2.09. The highest BCUT2D eigenvalue weighted by Crippen LogP contribution is 2.28. The minimum Gasteiger partial charge on any atom is -0.399 e. The summed E-state index contributed by atoms with van der Waals surface area (Å²) < 4.78 is 2.67. The number of benzene rings is 2. The average Bonchev–Trinajstić information content (AvgIpc) is 2.79. The largest absolute Gasteiger partial charge is 0.399 e. The van der Waals surface area contributed by atoms with Gasteiger partial charge in [-0.3, -0.25) is 4.57 Å². The lowest BCUT2D eigenvalue weighted by molar-refractivity contribution is 0.270. The molecule has 0 saturated carbocycles. The molecule has 0 saturated heterocycles. The van der Waals surface area contributed by atoms with Gasteiger partial charge < -0.3 is 10.8 Å². The topological polar surface area (TPSA) is 64.1 Å². The summed E-state index contributed by atoms with van der Waals surface area (Å²) in [5.74, 6) is 0.555. The van der Waals surface area contributed by atoms with Crippen LogP contribution in [0.4, 0.5) is 5.69 Å². The van der Waals surface area contributed by atoms with Crippen LogP contribution in [-0.2, 0) is 6.61 Å². The van der Waals surface area contributed by atoms with Crippen molar-refractivity contribution >= 4 is 44.3 Å². The Morgan fingerprint density at radius 1 is 1.25 bits per heavy atom. The number of nitrogens with two attached hydrogens (primary N) is 1. The average molecular weight is 353 g/mol. The number of fused-ring (bicyclic) bond motifs is 1. The molecule has 0 radical (unpaired) electrons. The molecule has 0 aliphatic carbocycles. The first-order valence-corrected chi connectivity index (χ1v) is 7.10. The van der Waals surface area contributed by atoms with E-state index in [-0.39, 0.29) is 6.61 Å². The van der Waals surface area contributed by atoms with Crippen molar-refractivity contribution < 1.29 is 5.11 Å². The van der Waals surface area contributed by atoms with Gasteiger partial charge in [-0.15, -0.1) is 0 Å². The Labute approximate surface area is 128 Å². The third-order valence-electron chi connectivity index (χ3n) is 3.05. The van der Waals surface area contributed by atoms with Gasteiger partial charge in [-0.25, -0.2) is 4.98 Å². The molecular formula is C14H11BrClN3O. The molecule has 0 spiro atoms. The third-order valence-corrected chi connectivity index (χ3v) is 4.26. The predicted octanol–water partition coefficient (Wildman–Crippen LogP) is 3.52. The smallest absolute Gasteiger partial charge is 0.140 e. The number of nitrogens with zero attached hydrogens (tertiary/aromatic N) is 2. The minimum absolute atomic E-state index is 0.158. The zero-order valence-corrected chi connectivity index (χ0v) is 12.7. The van der Waals surface area contributed by atoms with Crippen LogP contribution in [0.3, 0.4) is 0 Å². The van der Waals surface area contributed by atoms with E-state index in [0.717, 1.165) is 21.2 Å². The number of nitrogen functional groups attached to an aromatic ring is 1. The van der Waals surface area contributed by atoms with Crippen molar-refractivity contribution in [3.8, 4) is 5.69 Å². The number of rotatable bonds is 2. The maximum atomic E-state index is 9.52. The minimum atomic E-state index is -0.158. The van der Waals surface area contributed by atoms with E-state index >= 15 is 0 Å². The molecule has 4 nitrogen and oxygen atoms in total. The Kier molecular flexibility index (Phi) is 3.41. The number of halogens is 2. The second-order valence-electron chi connectivity index (χ2n) is 4.37. The number of aliphatic hydroxyl groups is 1.